The Balaban J connectivity index is 1.97. The van der Waals surface area contributed by atoms with Crippen LogP contribution in [0.2, 0.25) is 10.0 Å². The number of rotatable bonds is 10. The third kappa shape index (κ3) is 7.92. The smallest absolute Gasteiger partial charge is 0.242 e. The number of amides is 2. The molecule has 1 N–H and O–H groups in total. The molecular formula is C22H26Cl2N2O2S. The summed E-state index contributed by atoms with van der Waals surface area (Å²) in [5, 5.41) is 4.12. The van der Waals surface area contributed by atoms with Crippen LogP contribution >= 0.6 is 35.0 Å². The van der Waals surface area contributed by atoms with E-state index in [9.17, 15) is 9.59 Å². The van der Waals surface area contributed by atoms with Gasteiger partial charge in [0.25, 0.3) is 0 Å². The number of carbonyl (C=O) groups excluding carboxylic acids is 2. The van der Waals surface area contributed by atoms with Crippen LogP contribution in [0.5, 0.6) is 0 Å². The zero-order valence-corrected chi connectivity index (χ0v) is 19.0. The highest BCUT2D eigenvalue weighted by Crippen LogP contribution is 2.22. The number of hydrogen-bond acceptors (Lipinski definition) is 3. The summed E-state index contributed by atoms with van der Waals surface area (Å²) in [6.45, 7) is 4.50. The summed E-state index contributed by atoms with van der Waals surface area (Å²) in [5.74, 6) is 0.618. The van der Waals surface area contributed by atoms with E-state index < -0.39 is 6.04 Å². The lowest BCUT2D eigenvalue weighted by molar-refractivity contribution is -0.140. The number of carbonyl (C=O) groups is 2. The van der Waals surface area contributed by atoms with Gasteiger partial charge in [-0.25, -0.2) is 0 Å². The Hall–Kier alpha value is -1.69. The average molecular weight is 453 g/mol. The molecule has 29 heavy (non-hydrogen) atoms. The predicted octanol–water partition coefficient (Wildman–Crippen LogP) is 5.42. The van der Waals surface area contributed by atoms with Crippen molar-refractivity contribution in [1.29, 1.82) is 0 Å². The lowest BCUT2D eigenvalue weighted by atomic mass is 10.1. The van der Waals surface area contributed by atoms with E-state index in [-0.39, 0.29) is 11.8 Å². The molecule has 0 aliphatic carbocycles. The second-order valence-electron chi connectivity index (χ2n) is 6.63. The molecule has 2 aromatic rings. The first kappa shape index (κ1) is 23.6. The van der Waals surface area contributed by atoms with Gasteiger partial charge in [-0.15, -0.1) is 11.8 Å². The number of nitrogens with zero attached hydrogens (tertiary/aromatic N) is 1. The van der Waals surface area contributed by atoms with Crippen LogP contribution in [0.3, 0.4) is 0 Å². The quantitative estimate of drug-likeness (QED) is 0.386. The van der Waals surface area contributed by atoms with Crippen LogP contribution in [0, 0.1) is 0 Å². The Morgan fingerprint density at radius 2 is 1.83 bits per heavy atom. The molecule has 0 fully saturated rings. The minimum atomic E-state index is -0.551. The molecule has 156 valence electrons. The van der Waals surface area contributed by atoms with Crippen LogP contribution in [0.4, 0.5) is 0 Å². The maximum Gasteiger partial charge on any atom is 0.242 e. The summed E-state index contributed by atoms with van der Waals surface area (Å²) >= 11 is 13.7. The van der Waals surface area contributed by atoms with Crippen molar-refractivity contribution < 1.29 is 9.59 Å². The van der Waals surface area contributed by atoms with Gasteiger partial charge in [-0.3, -0.25) is 9.59 Å². The standard InChI is InChI=1S/C22H26Cl2N2O2S/c1-3-25-22(28)16(2)26(15-17-6-4-7-19(24)14-17)21(27)8-5-13-29-20-11-9-18(23)10-12-20/h4,6-7,9-12,14,16H,3,5,8,13,15H2,1-2H3,(H,25,28)/t16-/m0/s1. The van der Waals surface area contributed by atoms with Crippen LogP contribution < -0.4 is 5.32 Å². The first-order valence-electron chi connectivity index (χ1n) is 9.60. The summed E-state index contributed by atoms with van der Waals surface area (Å²) in [4.78, 5) is 28.0. The molecular weight excluding hydrogens is 427 g/mol. The first-order valence-corrected chi connectivity index (χ1v) is 11.3. The highest BCUT2D eigenvalue weighted by molar-refractivity contribution is 7.99. The molecule has 7 heteroatoms. The van der Waals surface area contributed by atoms with Crippen molar-refractivity contribution in [3.63, 3.8) is 0 Å². The molecule has 2 aromatic carbocycles. The fourth-order valence-corrected chi connectivity index (χ4v) is 4.02. The van der Waals surface area contributed by atoms with E-state index in [1.807, 2.05) is 49.4 Å². The van der Waals surface area contributed by atoms with Gasteiger partial charge in [-0.05, 0) is 68.0 Å². The van der Waals surface area contributed by atoms with Crippen LogP contribution in [0.1, 0.15) is 32.3 Å². The van der Waals surface area contributed by atoms with Crippen molar-refractivity contribution >= 4 is 46.8 Å². The number of likely N-dealkylation sites (N-methyl/N-ethyl adjacent to an activating group) is 1. The van der Waals surface area contributed by atoms with Gasteiger partial charge in [0.15, 0.2) is 0 Å². The third-order valence-electron chi connectivity index (χ3n) is 4.38. The van der Waals surface area contributed by atoms with Gasteiger partial charge in [-0.1, -0.05) is 35.3 Å². The second-order valence-corrected chi connectivity index (χ2v) is 8.67. The first-order chi connectivity index (χ1) is 13.9. The Bertz CT molecular complexity index is 815. The molecule has 0 spiro atoms. The highest BCUT2D eigenvalue weighted by Gasteiger charge is 2.25. The topological polar surface area (TPSA) is 49.4 Å². The minimum Gasteiger partial charge on any atom is -0.355 e. The summed E-state index contributed by atoms with van der Waals surface area (Å²) in [6.07, 6.45) is 1.10. The van der Waals surface area contributed by atoms with Crippen molar-refractivity contribution in [2.45, 2.75) is 44.2 Å². The summed E-state index contributed by atoms with van der Waals surface area (Å²) in [6, 6.07) is 14.5. The molecule has 0 aromatic heterocycles. The number of benzene rings is 2. The van der Waals surface area contributed by atoms with Gasteiger partial charge in [0.2, 0.25) is 11.8 Å². The Labute approximate surface area is 187 Å². The Morgan fingerprint density at radius 3 is 2.48 bits per heavy atom. The van der Waals surface area contributed by atoms with Crippen LogP contribution in [-0.2, 0) is 16.1 Å². The van der Waals surface area contributed by atoms with Crippen LogP contribution in [0.25, 0.3) is 0 Å². The number of halogens is 2. The monoisotopic (exact) mass is 452 g/mol. The van der Waals surface area contributed by atoms with Gasteiger partial charge in [-0.2, -0.15) is 0 Å². The van der Waals surface area contributed by atoms with Gasteiger partial charge in [0.1, 0.15) is 6.04 Å². The van der Waals surface area contributed by atoms with Crippen LogP contribution in [-0.4, -0.2) is 35.1 Å². The zero-order chi connectivity index (χ0) is 21.2. The van der Waals surface area contributed by atoms with Crippen molar-refractivity contribution in [3.8, 4) is 0 Å². The molecule has 1 atom stereocenters. The maximum absolute atomic E-state index is 12.9. The van der Waals surface area contributed by atoms with Gasteiger partial charge < -0.3 is 10.2 Å². The Kier molecular flexibility index (Phi) is 9.85. The van der Waals surface area contributed by atoms with Gasteiger partial charge in [0.05, 0.1) is 0 Å². The van der Waals surface area contributed by atoms with E-state index in [1.165, 1.54) is 0 Å². The van der Waals surface area contributed by atoms with E-state index in [1.54, 1.807) is 29.7 Å². The fourth-order valence-electron chi connectivity index (χ4n) is 2.82. The number of hydrogen-bond donors (Lipinski definition) is 1. The fraction of sp³-hybridized carbons (Fsp3) is 0.364. The number of nitrogens with one attached hydrogen (secondary N) is 1. The average Bonchev–Trinajstić information content (AvgIpc) is 2.70. The number of thioether (sulfide) groups is 1. The molecule has 0 unspecified atom stereocenters. The minimum absolute atomic E-state index is 0.0413. The normalized spacial score (nSPS) is 11.7. The Morgan fingerprint density at radius 1 is 1.10 bits per heavy atom. The van der Waals surface area contributed by atoms with Crippen molar-refractivity contribution in [2.24, 2.45) is 0 Å². The zero-order valence-electron chi connectivity index (χ0n) is 16.7. The van der Waals surface area contributed by atoms with E-state index in [0.717, 1.165) is 22.6 Å². The van der Waals surface area contributed by atoms with Crippen molar-refractivity contribution in [3.05, 3.63) is 64.1 Å². The maximum atomic E-state index is 12.9. The molecule has 0 aliphatic rings. The largest absolute Gasteiger partial charge is 0.355 e. The summed E-state index contributed by atoms with van der Waals surface area (Å²) in [7, 11) is 0. The molecule has 0 saturated heterocycles. The van der Waals surface area contributed by atoms with E-state index in [4.69, 9.17) is 23.2 Å². The van der Waals surface area contributed by atoms with Gasteiger partial charge >= 0.3 is 0 Å². The molecule has 0 saturated carbocycles. The molecule has 0 heterocycles. The molecule has 4 nitrogen and oxygen atoms in total. The van der Waals surface area contributed by atoms with E-state index in [0.29, 0.717) is 29.6 Å². The lowest BCUT2D eigenvalue weighted by Crippen LogP contribution is -2.47. The van der Waals surface area contributed by atoms with E-state index in [2.05, 4.69) is 5.32 Å². The predicted molar refractivity (Wildman–Crippen MR) is 122 cm³/mol. The van der Waals surface area contributed by atoms with Crippen molar-refractivity contribution in [2.75, 3.05) is 12.3 Å². The lowest BCUT2D eigenvalue weighted by Gasteiger charge is -2.29. The second kappa shape index (κ2) is 12.1. The molecule has 2 rings (SSSR count). The molecule has 2 amide bonds. The molecule has 0 radical (unpaired) electrons. The highest BCUT2D eigenvalue weighted by atomic mass is 35.5. The summed E-state index contributed by atoms with van der Waals surface area (Å²) in [5.41, 5.74) is 0.900. The SMILES string of the molecule is CCNC(=O)[C@H](C)N(Cc1cccc(Cl)c1)C(=O)CCCSc1ccc(Cl)cc1. The van der Waals surface area contributed by atoms with Crippen molar-refractivity contribution in [1.82, 2.24) is 10.2 Å². The van der Waals surface area contributed by atoms with Crippen LogP contribution in [0.15, 0.2) is 53.4 Å². The molecule has 0 bridgehead atoms. The van der Waals surface area contributed by atoms with E-state index >= 15 is 0 Å². The van der Waals surface area contributed by atoms with Gasteiger partial charge in [0, 0.05) is 34.5 Å². The third-order valence-corrected chi connectivity index (χ3v) is 5.96. The summed E-state index contributed by atoms with van der Waals surface area (Å²) < 4.78 is 0. The molecule has 0 aliphatic heterocycles.